The van der Waals surface area contributed by atoms with Crippen LogP contribution < -0.4 is 4.90 Å². The standard InChI is InChI=1S/C14H17NO3S/c1-10(16)19-13-7-14(17)15(8-13)12-5-3-4-11(6-12)9-18-2/h3-6,13H,7-9H2,1-2H3. The van der Waals surface area contributed by atoms with Crippen LogP contribution in [0, 0.1) is 0 Å². The first-order chi connectivity index (χ1) is 9.10. The normalized spacial score (nSPS) is 18.9. The molecule has 0 N–H and O–H groups in total. The number of ether oxygens (including phenoxy) is 1. The van der Waals surface area contributed by atoms with Crippen LogP contribution in [-0.4, -0.2) is 29.9 Å². The van der Waals surface area contributed by atoms with E-state index in [9.17, 15) is 9.59 Å². The van der Waals surface area contributed by atoms with Crippen molar-refractivity contribution in [1.82, 2.24) is 0 Å². The summed E-state index contributed by atoms with van der Waals surface area (Å²) in [5.41, 5.74) is 1.92. The molecule has 1 aromatic rings. The number of hydrogen-bond donors (Lipinski definition) is 0. The minimum absolute atomic E-state index is 0.0628. The van der Waals surface area contributed by atoms with E-state index in [2.05, 4.69) is 0 Å². The highest BCUT2D eigenvalue weighted by Crippen LogP contribution is 2.29. The molecular weight excluding hydrogens is 262 g/mol. The van der Waals surface area contributed by atoms with Crippen LogP contribution in [0.4, 0.5) is 5.69 Å². The molecule has 4 nitrogen and oxygen atoms in total. The van der Waals surface area contributed by atoms with Gasteiger partial charge >= 0.3 is 0 Å². The molecule has 5 heteroatoms. The van der Waals surface area contributed by atoms with Crippen LogP contribution in [0.1, 0.15) is 18.9 Å². The van der Waals surface area contributed by atoms with Crippen LogP contribution in [0.5, 0.6) is 0 Å². The maximum Gasteiger partial charge on any atom is 0.228 e. The Hall–Kier alpha value is -1.33. The first-order valence-electron chi connectivity index (χ1n) is 6.15. The van der Waals surface area contributed by atoms with Gasteiger partial charge in [0.05, 0.1) is 6.61 Å². The summed E-state index contributed by atoms with van der Waals surface area (Å²) in [4.78, 5) is 24.9. The van der Waals surface area contributed by atoms with E-state index in [-0.39, 0.29) is 16.3 Å². The molecule has 0 spiro atoms. The highest BCUT2D eigenvalue weighted by atomic mass is 32.2. The number of hydrogen-bond acceptors (Lipinski definition) is 4. The molecule has 0 aliphatic carbocycles. The highest BCUT2D eigenvalue weighted by Gasteiger charge is 2.31. The summed E-state index contributed by atoms with van der Waals surface area (Å²) in [5, 5.41) is 0.129. The molecule has 1 heterocycles. The molecule has 0 aromatic heterocycles. The van der Waals surface area contributed by atoms with E-state index >= 15 is 0 Å². The van der Waals surface area contributed by atoms with Crippen molar-refractivity contribution in [3.63, 3.8) is 0 Å². The third-order valence-corrected chi connectivity index (χ3v) is 3.94. The van der Waals surface area contributed by atoms with Gasteiger partial charge in [-0.25, -0.2) is 0 Å². The molecule has 102 valence electrons. The molecule has 1 fully saturated rings. The molecule has 1 saturated heterocycles. The molecule has 1 unspecified atom stereocenters. The Labute approximate surface area is 117 Å². The van der Waals surface area contributed by atoms with Crippen molar-refractivity contribution in [2.24, 2.45) is 0 Å². The molecule has 1 amide bonds. The van der Waals surface area contributed by atoms with Gasteiger partial charge in [0.2, 0.25) is 5.91 Å². The molecule has 1 aromatic carbocycles. The zero-order valence-electron chi connectivity index (χ0n) is 11.1. The van der Waals surface area contributed by atoms with E-state index in [0.29, 0.717) is 19.6 Å². The number of rotatable bonds is 4. The summed E-state index contributed by atoms with van der Waals surface area (Å²) >= 11 is 1.25. The van der Waals surface area contributed by atoms with E-state index in [1.54, 1.807) is 12.0 Å². The summed E-state index contributed by atoms with van der Waals surface area (Å²) in [6.45, 7) is 2.66. The van der Waals surface area contributed by atoms with Crippen molar-refractivity contribution in [1.29, 1.82) is 0 Å². The van der Waals surface area contributed by atoms with Gasteiger partial charge < -0.3 is 9.64 Å². The quantitative estimate of drug-likeness (QED) is 0.848. The largest absolute Gasteiger partial charge is 0.380 e. The van der Waals surface area contributed by atoms with Crippen LogP contribution in [-0.2, 0) is 20.9 Å². The number of amides is 1. The fourth-order valence-electron chi connectivity index (χ4n) is 2.22. The lowest BCUT2D eigenvalue weighted by Gasteiger charge is -2.17. The van der Waals surface area contributed by atoms with Crippen LogP contribution >= 0.6 is 11.8 Å². The minimum atomic E-state index is 0.0628. The molecular formula is C14H17NO3S. The number of thioether (sulfide) groups is 1. The molecule has 1 aliphatic heterocycles. The van der Waals surface area contributed by atoms with Gasteiger partial charge in [-0.3, -0.25) is 9.59 Å². The zero-order valence-corrected chi connectivity index (χ0v) is 11.9. The number of anilines is 1. The summed E-state index contributed by atoms with van der Waals surface area (Å²) in [6.07, 6.45) is 0.429. The second-order valence-corrected chi connectivity index (χ2v) is 6.02. The Morgan fingerprint density at radius 2 is 2.32 bits per heavy atom. The average Bonchev–Trinajstić information content (AvgIpc) is 2.70. The predicted octanol–water partition coefficient (Wildman–Crippen LogP) is 2.22. The average molecular weight is 279 g/mol. The Morgan fingerprint density at radius 1 is 1.53 bits per heavy atom. The maximum atomic E-state index is 12.0. The number of carbonyl (C=O) groups is 2. The number of methoxy groups -OCH3 is 1. The molecule has 0 saturated carbocycles. The number of benzene rings is 1. The first-order valence-corrected chi connectivity index (χ1v) is 7.03. The van der Waals surface area contributed by atoms with Crippen molar-refractivity contribution >= 4 is 28.5 Å². The fraction of sp³-hybridized carbons (Fsp3) is 0.429. The zero-order chi connectivity index (χ0) is 13.8. The van der Waals surface area contributed by atoms with Gasteiger partial charge in [0, 0.05) is 37.9 Å². The van der Waals surface area contributed by atoms with Crippen molar-refractivity contribution < 1.29 is 14.3 Å². The number of nitrogens with zero attached hydrogens (tertiary/aromatic N) is 1. The van der Waals surface area contributed by atoms with Crippen LogP contribution in [0.2, 0.25) is 0 Å². The van der Waals surface area contributed by atoms with Crippen LogP contribution in [0.3, 0.4) is 0 Å². The van der Waals surface area contributed by atoms with E-state index in [1.165, 1.54) is 18.7 Å². The lowest BCUT2D eigenvalue weighted by molar-refractivity contribution is -0.117. The topological polar surface area (TPSA) is 46.6 Å². The summed E-state index contributed by atoms with van der Waals surface area (Å²) in [5.74, 6) is 0.0771. The first kappa shape index (κ1) is 14.1. The summed E-state index contributed by atoms with van der Waals surface area (Å²) in [7, 11) is 1.65. The Kier molecular flexibility index (Phi) is 4.61. The molecule has 0 bridgehead atoms. The lowest BCUT2D eigenvalue weighted by Crippen LogP contribution is -2.25. The maximum absolute atomic E-state index is 12.0. The van der Waals surface area contributed by atoms with Gasteiger partial charge in [0.1, 0.15) is 0 Å². The van der Waals surface area contributed by atoms with E-state index in [4.69, 9.17) is 4.74 Å². The van der Waals surface area contributed by atoms with Crippen molar-refractivity contribution in [3.05, 3.63) is 29.8 Å². The summed E-state index contributed by atoms with van der Waals surface area (Å²) < 4.78 is 5.09. The Morgan fingerprint density at radius 3 is 3.00 bits per heavy atom. The Bertz CT molecular complexity index is 489. The van der Waals surface area contributed by atoms with Crippen molar-refractivity contribution in [3.8, 4) is 0 Å². The molecule has 1 aliphatic rings. The molecule has 0 radical (unpaired) electrons. The van der Waals surface area contributed by atoms with Crippen molar-refractivity contribution in [2.45, 2.75) is 25.2 Å². The van der Waals surface area contributed by atoms with Crippen LogP contribution in [0.25, 0.3) is 0 Å². The van der Waals surface area contributed by atoms with Crippen molar-refractivity contribution in [2.75, 3.05) is 18.6 Å². The SMILES string of the molecule is COCc1cccc(N2CC(SC(C)=O)CC2=O)c1. The smallest absolute Gasteiger partial charge is 0.228 e. The van der Waals surface area contributed by atoms with E-state index < -0.39 is 0 Å². The molecule has 19 heavy (non-hydrogen) atoms. The van der Waals surface area contributed by atoms with E-state index in [1.807, 2.05) is 24.3 Å². The number of carbonyl (C=O) groups excluding carboxylic acids is 2. The lowest BCUT2D eigenvalue weighted by atomic mass is 10.2. The van der Waals surface area contributed by atoms with Gasteiger partial charge in [-0.15, -0.1) is 0 Å². The monoisotopic (exact) mass is 279 g/mol. The third-order valence-electron chi connectivity index (χ3n) is 2.96. The second-order valence-electron chi connectivity index (χ2n) is 4.54. The van der Waals surface area contributed by atoms with Gasteiger partial charge in [-0.1, -0.05) is 23.9 Å². The Balaban J connectivity index is 2.11. The van der Waals surface area contributed by atoms with Crippen LogP contribution in [0.15, 0.2) is 24.3 Å². The minimum Gasteiger partial charge on any atom is -0.380 e. The highest BCUT2D eigenvalue weighted by molar-refractivity contribution is 8.14. The van der Waals surface area contributed by atoms with Gasteiger partial charge in [0.25, 0.3) is 0 Å². The second kappa shape index (κ2) is 6.21. The fourth-order valence-corrected chi connectivity index (χ4v) is 3.14. The molecule has 1 atom stereocenters. The van der Waals surface area contributed by atoms with Gasteiger partial charge in [0.15, 0.2) is 5.12 Å². The molecule has 2 rings (SSSR count). The third kappa shape index (κ3) is 3.58. The summed E-state index contributed by atoms with van der Waals surface area (Å²) in [6, 6.07) is 7.76. The van der Waals surface area contributed by atoms with Gasteiger partial charge in [-0.05, 0) is 17.7 Å². The van der Waals surface area contributed by atoms with E-state index in [0.717, 1.165) is 11.3 Å². The predicted molar refractivity (Wildman–Crippen MR) is 76.2 cm³/mol. The van der Waals surface area contributed by atoms with Gasteiger partial charge in [-0.2, -0.15) is 0 Å².